The molecule has 1 fully saturated rings. The van der Waals surface area contributed by atoms with E-state index in [4.69, 9.17) is 11.6 Å². The number of thiophene rings is 1. The number of piperidine rings is 1. The molecule has 1 aromatic heterocycles. The summed E-state index contributed by atoms with van der Waals surface area (Å²) >= 11 is 7.20. The zero-order valence-electron chi connectivity index (χ0n) is 18.9. The van der Waals surface area contributed by atoms with E-state index in [1.807, 2.05) is 23.8 Å². The maximum Gasteiger partial charge on any atom is 0.333 e. The van der Waals surface area contributed by atoms with E-state index in [0.717, 1.165) is 35.4 Å². The van der Waals surface area contributed by atoms with Crippen molar-refractivity contribution in [2.45, 2.75) is 30.7 Å². The van der Waals surface area contributed by atoms with E-state index in [0.29, 0.717) is 11.6 Å². The van der Waals surface area contributed by atoms with Gasteiger partial charge in [0.1, 0.15) is 4.88 Å². The highest BCUT2D eigenvalue weighted by Crippen LogP contribution is 2.35. The number of carbonyl (C=O) groups excluding carboxylic acids is 2. The number of sulfonamides is 1. The lowest BCUT2D eigenvalue weighted by Gasteiger charge is -2.23. The predicted molar refractivity (Wildman–Crippen MR) is 139 cm³/mol. The highest BCUT2D eigenvalue weighted by Gasteiger charge is 2.24. The molecule has 35 heavy (non-hydrogen) atoms. The van der Waals surface area contributed by atoms with Crippen LogP contribution >= 0.6 is 22.9 Å². The fraction of sp³-hybridized carbons (Fsp3) is 0.250. The molecule has 0 radical (unpaired) electrons. The van der Waals surface area contributed by atoms with Gasteiger partial charge in [0.25, 0.3) is 15.9 Å². The quantitative estimate of drug-likeness (QED) is 0.376. The number of benzene rings is 2. The van der Waals surface area contributed by atoms with E-state index >= 15 is 0 Å². The summed E-state index contributed by atoms with van der Waals surface area (Å²) in [5, 5.41) is 9.37. The van der Waals surface area contributed by atoms with E-state index in [9.17, 15) is 18.0 Å². The molecule has 0 aliphatic carbocycles. The Morgan fingerprint density at radius 3 is 2.46 bits per heavy atom. The van der Waals surface area contributed by atoms with E-state index in [1.54, 1.807) is 30.3 Å². The highest BCUT2D eigenvalue weighted by molar-refractivity contribution is 7.90. The van der Waals surface area contributed by atoms with E-state index in [1.165, 1.54) is 23.5 Å². The first-order chi connectivity index (χ1) is 16.7. The molecule has 1 aliphatic rings. The molecule has 1 aliphatic heterocycles. The average molecular weight is 533 g/mol. The first-order valence-electron chi connectivity index (χ1n) is 11.0. The number of rotatable bonds is 6. The van der Waals surface area contributed by atoms with Crippen molar-refractivity contribution in [3.63, 3.8) is 0 Å². The van der Waals surface area contributed by atoms with Crippen LogP contribution < -0.4 is 20.7 Å². The van der Waals surface area contributed by atoms with Crippen molar-refractivity contribution >= 4 is 50.6 Å². The first kappa shape index (κ1) is 25.2. The number of aryl methyl sites for hydroxylation is 1. The molecule has 1 saturated heterocycles. The predicted octanol–water partition coefficient (Wildman–Crippen LogP) is 4.37. The molecule has 3 aromatic rings. The van der Waals surface area contributed by atoms with Gasteiger partial charge in [0.15, 0.2) is 0 Å². The summed E-state index contributed by atoms with van der Waals surface area (Å²) in [6, 6.07) is 13.9. The molecule has 1 atom stereocenters. The number of amides is 3. The zero-order chi connectivity index (χ0) is 25.0. The van der Waals surface area contributed by atoms with Crippen molar-refractivity contribution in [2.75, 3.05) is 18.4 Å². The van der Waals surface area contributed by atoms with Crippen LogP contribution in [0.5, 0.6) is 0 Å². The number of anilines is 1. The number of halogens is 1. The summed E-state index contributed by atoms with van der Waals surface area (Å²) in [5.74, 6) is -0.333. The van der Waals surface area contributed by atoms with Gasteiger partial charge in [-0.15, -0.1) is 11.3 Å². The fourth-order valence-corrected chi connectivity index (χ4v) is 5.74. The molecular weight excluding hydrogens is 508 g/mol. The summed E-state index contributed by atoms with van der Waals surface area (Å²) in [6.45, 7) is 3.41. The van der Waals surface area contributed by atoms with Crippen LogP contribution in [-0.2, 0) is 10.0 Å². The molecular formula is C24H25ClN4O4S2. The number of nitrogens with one attached hydrogen (secondary N) is 4. The third-order valence-corrected chi connectivity index (χ3v) is 8.29. The molecule has 2 aromatic carbocycles. The third kappa shape index (κ3) is 6.40. The van der Waals surface area contributed by atoms with Crippen molar-refractivity contribution in [2.24, 2.45) is 0 Å². The van der Waals surface area contributed by atoms with Crippen LogP contribution in [0.1, 0.15) is 28.1 Å². The van der Waals surface area contributed by atoms with Crippen molar-refractivity contribution in [1.82, 2.24) is 15.4 Å². The monoisotopic (exact) mass is 532 g/mol. The van der Waals surface area contributed by atoms with E-state index < -0.39 is 16.1 Å². The van der Waals surface area contributed by atoms with Gasteiger partial charge in [-0.05, 0) is 62.2 Å². The van der Waals surface area contributed by atoms with Crippen LogP contribution in [0.25, 0.3) is 10.4 Å². The Labute approximate surface area is 213 Å². The van der Waals surface area contributed by atoms with Gasteiger partial charge in [-0.1, -0.05) is 41.4 Å². The largest absolute Gasteiger partial charge is 0.347 e. The van der Waals surface area contributed by atoms with Crippen LogP contribution in [0.3, 0.4) is 0 Å². The standard InChI is InChI=1S/C24H25ClN4O4S2/c1-15-4-10-19(11-5-15)35(32,33)29-24(31)28-20-13-21(16-6-8-17(25)9-7-16)34-22(20)23(30)27-18-3-2-12-26-14-18/h4-11,13,18,26H,2-3,12,14H2,1H3,(H,27,30)(H2,28,29,31). The zero-order valence-corrected chi connectivity index (χ0v) is 21.3. The normalized spacial score (nSPS) is 15.9. The average Bonchev–Trinajstić information content (AvgIpc) is 3.23. The number of urea groups is 1. The van der Waals surface area contributed by atoms with Gasteiger partial charge in [0.05, 0.1) is 10.6 Å². The molecule has 8 nitrogen and oxygen atoms in total. The minimum atomic E-state index is -4.08. The molecule has 1 unspecified atom stereocenters. The Balaban J connectivity index is 1.57. The SMILES string of the molecule is Cc1ccc(S(=O)(=O)NC(=O)Nc2cc(-c3ccc(Cl)cc3)sc2C(=O)NC2CCCNC2)cc1. The Kier molecular flexibility index (Phi) is 7.75. The summed E-state index contributed by atoms with van der Waals surface area (Å²) in [7, 11) is -4.08. The van der Waals surface area contributed by atoms with Gasteiger partial charge in [0.2, 0.25) is 0 Å². The Hall–Kier alpha value is -2.92. The first-order valence-corrected chi connectivity index (χ1v) is 13.7. The highest BCUT2D eigenvalue weighted by atomic mass is 35.5. The minimum absolute atomic E-state index is 0.0269. The Morgan fingerprint density at radius 2 is 1.80 bits per heavy atom. The smallest absolute Gasteiger partial charge is 0.333 e. The molecule has 0 saturated carbocycles. The Morgan fingerprint density at radius 1 is 1.09 bits per heavy atom. The lowest BCUT2D eigenvalue weighted by Crippen LogP contribution is -2.45. The van der Waals surface area contributed by atoms with Gasteiger partial charge in [-0.25, -0.2) is 17.9 Å². The maximum atomic E-state index is 13.1. The van der Waals surface area contributed by atoms with Crippen LogP contribution in [0, 0.1) is 6.92 Å². The van der Waals surface area contributed by atoms with Crippen molar-refractivity contribution in [3.8, 4) is 10.4 Å². The van der Waals surface area contributed by atoms with Gasteiger partial charge in [0, 0.05) is 22.5 Å². The topological polar surface area (TPSA) is 116 Å². The lowest BCUT2D eigenvalue weighted by molar-refractivity contribution is 0.0935. The van der Waals surface area contributed by atoms with Gasteiger partial charge < -0.3 is 16.0 Å². The van der Waals surface area contributed by atoms with Crippen molar-refractivity contribution in [1.29, 1.82) is 0 Å². The fourth-order valence-electron chi connectivity index (χ4n) is 3.68. The molecule has 11 heteroatoms. The molecule has 4 rings (SSSR count). The molecule has 4 N–H and O–H groups in total. The molecule has 184 valence electrons. The lowest BCUT2D eigenvalue weighted by atomic mass is 10.1. The van der Waals surface area contributed by atoms with E-state index in [-0.39, 0.29) is 27.4 Å². The number of carbonyl (C=O) groups is 2. The third-order valence-electron chi connectivity index (χ3n) is 5.51. The van der Waals surface area contributed by atoms with Crippen LogP contribution in [-0.4, -0.2) is 39.5 Å². The minimum Gasteiger partial charge on any atom is -0.347 e. The summed E-state index contributed by atoms with van der Waals surface area (Å²) < 4.78 is 27.2. The second-order valence-corrected chi connectivity index (χ2v) is 11.4. The van der Waals surface area contributed by atoms with Crippen LogP contribution in [0.15, 0.2) is 59.5 Å². The summed E-state index contributed by atoms with van der Waals surface area (Å²) in [5.41, 5.74) is 1.93. The summed E-state index contributed by atoms with van der Waals surface area (Å²) in [6.07, 6.45) is 1.81. The summed E-state index contributed by atoms with van der Waals surface area (Å²) in [4.78, 5) is 26.8. The second kappa shape index (κ2) is 10.8. The van der Waals surface area contributed by atoms with Crippen molar-refractivity contribution in [3.05, 3.63) is 70.1 Å². The van der Waals surface area contributed by atoms with Gasteiger partial charge in [-0.3, -0.25) is 4.79 Å². The number of hydrogen-bond acceptors (Lipinski definition) is 6. The van der Waals surface area contributed by atoms with E-state index in [2.05, 4.69) is 16.0 Å². The van der Waals surface area contributed by atoms with Gasteiger partial charge >= 0.3 is 6.03 Å². The van der Waals surface area contributed by atoms with Crippen molar-refractivity contribution < 1.29 is 18.0 Å². The molecule has 0 spiro atoms. The Bertz CT molecular complexity index is 1320. The van der Waals surface area contributed by atoms with Gasteiger partial charge in [-0.2, -0.15) is 0 Å². The molecule has 0 bridgehead atoms. The maximum absolute atomic E-state index is 13.1. The second-order valence-electron chi connectivity index (χ2n) is 8.25. The molecule has 3 amide bonds. The van der Waals surface area contributed by atoms with Crippen LogP contribution in [0.4, 0.5) is 10.5 Å². The molecule has 2 heterocycles. The number of hydrogen-bond donors (Lipinski definition) is 4. The van der Waals surface area contributed by atoms with Crippen LogP contribution in [0.2, 0.25) is 5.02 Å².